The van der Waals surface area contributed by atoms with Crippen molar-refractivity contribution >= 4 is 10.1 Å². The van der Waals surface area contributed by atoms with Crippen LogP contribution >= 0.6 is 0 Å². The maximum atomic E-state index is 11.7. The van der Waals surface area contributed by atoms with E-state index >= 15 is 0 Å². The van der Waals surface area contributed by atoms with E-state index in [2.05, 4.69) is 9.17 Å². The average molecular weight is 322 g/mol. The minimum absolute atomic E-state index is 0.318. The largest absolute Gasteiger partial charge is 0.394 e. The molecule has 9 nitrogen and oxygen atoms in total. The van der Waals surface area contributed by atoms with E-state index in [0.29, 0.717) is 5.56 Å². The molecule has 0 spiro atoms. The van der Waals surface area contributed by atoms with Crippen LogP contribution in [-0.4, -0.2) is 48.6 Å². The van der Waals surface area contributed by atoms with Crippen molar-refractivity contribution in [3.8, 4) is 0 Å². The van der Waals surface area contributed by atoms with E-state index in [0.717, 1.165) is 10.8 Å². The molecule has 0 aliphatic heterocycles. The Morgan fingerprint density at radius 3 is 2.57 bits per heavy atom. The Bertz CT molecular complexity index is 691. The maximum absolute atomic E-state index is 11.7. The van der Waals surface area contributed by atoms with E-state index in [1.165, 1.54) is 20.0 Å². The topological polar surface area (TPSA) is 128 Å². The van der Waals surface area contributed by atoms with Crippen LogP contribution in [-0.2, 0) is 19.0 Å². The number of hydrogen-bond donors (Lipinski definition) is 2. The maximum Gasteiger partial charge on any atom is 0.330 e. The number of aliphatic hydroxyl groups is 1. The summed E-state index contributed by atoms with van der Waals surface area (Å²) in [6, 6.07) is 0. The fourth-order valence-corrected chi connectivity index (χ4v) is 1.93. The van der Waals surface area contributed by atoms with Gasteiger partial charge in [0, 0.05) is 11.8 Å². The van der Waals surface area contributed by atoms with Gasteiger partial charge in [-0.25, -0.2) is 4.79 Å². The van der Waals surface area contributed by atoms with Gasteiger partial charge in [-0.1, -0.05) is 0 Å². The SMILES string of the molecule is Cc1cn([C@@H](C)O[C@H](CO)COS(C)(=O)=O)c(=O)[nH]c1=O. The number of nitrogens with zero attached hydrogens (tertiary/aromatic N) is 1. The summed E-state index contributed by atoms with van der Waals surface area (Å²) < 4.78 is 32.8. The van der Waals surface area contributed by atoms with Crippen LogP contribution in [0.2, 0.25) is 0 Å². The third kappa shape index (κ3) is 5.42. The second-order valence-corrected chi connectivity index (χ2v) is 6.15. The molecule has 0 aliphatic carbocycles. The highest BCUT2D eigenvalue weighted by atomic mass is 32.2. The van der Waals surface area contributed by atoms with Gasteiger partial charge in [-0.05, 0) is 13.8 Å². The van der Waals surface area contributed by atoms with Gasteiger partial charge in [-0.2, -0.15) is 8.42 Å². The van der Waals surface area contributed by atoms with Crippen molar-refractivity contribution in [1.29, 1.82) is 0 Å². The molecule has 1 rings (SSSR count). The molecular formula is C11H18N2O7S. The Labute approximate surface area is 121 Å². The normalized spacial score (nSPS) is 14.9. The van der Waals surface area contributed by atoms with Crippen LogP contribution in [0.25, 0.3) is 0 Å². The third-order valence-corrected chi connectivity index (χ3v) is 3.16. The molecule has 1 heterocycles. The van der Waals surface area contributed by atoms with Crippen molar-refractivity contribution in [1.82, 2.24) is 9.55 Å². The molecule has 1 aromatic heterocycles. The Kier molecular flexibility index (Phi) is 5.84. The number of aliphatic hydroxyl groups excluding tert-OH is 1. The van der Waals surface area contributed by atoms with Crippen molar-refractivity contribution in [3.63, 3.8) is 0 Å². The Morgan fingerprint density at radius 2 is 2.05 bits per heavy atom. The summed E-state index contributed by atoms with van der Waals surface area (Å²) in [5.74, 6) is 0. The monoisotopic (exact) mass is 322 g/mol. The highest BCUT2D eigenvalue weighted by molar-refractivity contribution is 7.85. The zero-order valence-corrected chi connectivity index (χ0v) is 12.7. The minimum Gasteiger partial charge on any atom is -0.394 e. The van der Waals surface area contributed by atoms with Gasteiger partial charge in [-0.3, -0.25) is 18.5 Å². The van der Waals surface area contributed by atoms with Crippen LogP contribution in [0.1, 0.15) is 18.7 Å². The highest BCUT2D eigenvalue weighted by Crippen LogP contribution is 2.09. The molecule has 0 aliphatic rings. The highest BCUT2D eigenvalue weighted by Gasteiger charge is 2.17. The van der Waals surface area contributed by atoms with E-state index in [4.69, 9.17) is 9.84 Å². The average Bonchev–Trinajstić information content (AvgIpc) is 2.37. The van der Waals surface area contributed by atoms with Crippen LogP contribution in [0, 0.1) is 6.92 Å². The first-order valence-corrected chi connectivity index (χ1v) is 7.88. The number of rotatable bonds is 7. The van der Waals surface area contributed by atoms with Gasteiger partial charge in [-0.15, -0.1) is 0 Å². The molecule has 1 aromatic rings. The van der Waals surface area contributed by atoms with E-state index in [1.54, 1.807) is 0 Å². The second kappa shape index (κ2) is 6.98. The van der Waals surface area contributed by atoms with Gasteiger partial charge in [0.05, 0.1) is 19.5 Å². The Balaban J connectivity index is 2.84. The fraction of sp³-hybridized carbons (Fsp3) is 0.636. The van der Waals surface area contributed by atoms with Crippen LogP contribution in [0.4, 0.5) is 0 Å². The Morgan fingerprint density at radius 1 is 1.43 bits per heavy atom. The molecule has 2 atom stereocenters. The van der Waals surface area contributed by atoms with Crippen LogP contribution in [0.3, 0.4) is 0 Å². The first-order valence-electron chi connectivity index (χ1n) is 6.07. The van der Waals surface area contributed by atoms with Crippen LogP contribution in [0.5, 0.6) is 0 Å². The van der Waals surface area contributed by atoms with E-state index in [-0.39, 0.29) is 6.61 Å². The molecule has 10 heteroatoms. The number of nitrogens with one attached hydrogen (secondary N) is 1. The summed E-state index contributed by atoms with van der Waals surface area (Å²) in [6.07, 6.45) is 0.431. The third-order valence-electron chi connectivity index (χ3n) is 2.60. The van der Waals surface area contributed by atoms with E-state index in [9.17, 15) is 18.0 Å². The molecule has 0 radical (unpaired) electrons. The van der Waals surface area contributed by atoms with Gasteiger partial charge in [0.15, 0.2) is 0 Å². The van der Waals surface area contributed by atoms with Gasteiger partial charge in [0.25, 0.3) is 15.7 Å². The van der Waals surface area contributed by atoms with E-state index < -0.39 is 40.3 Å². The molecule has 0 amide bonds. The zero-order chi connectivity index (χ0) is 16.2. The fourth-order valence-electron chi connectivity index (χ4n) is 1.53. The lowest BCUT2D eigenvalue weighted by Crippen LogP contribution is -2.36. The van der Waals surface area contributed by atoms with E-state index in [1.807, 2.05) is 0 Å². The van der Waals surface area contributed by atoms with Crippen LogP contribution in [0.15, 0.2) is 15.8 Å². The molecule has 0 fully saturated rings. The number of aromatic amines is 1. The number of aromatic nitrogens is 2. The van der Waals surface area contributed by atoms with Gasteiger partial charge in [0.2, 0.25) is 0 Å². The predicted octanol–water partition coefficient (Wildman–Crippen LogP) is -1.28. The summed E-state index contributed by atoms with van der Waals surface area (Å²) in [4.78, 5) is 25.0. The summed E-state index contributed by atoms with van der Waals surface area (Å²) in [7, 11) is -3.66. The number of hydrogen-bond acceptors (Lipinski definition) is 7. The quantitative estimate of drug-likeness (QED) is 0.598. The summed E-state index contributed by atoms with van der Waals surface area (Å²) in [5.41, 5.74) is -0.848. The number of aryl methyl sites for hydroxylation is 1. The van der Waals surface area contributed by atoms with Gasteiger partial charge < -0.3 is 9.84 Å². The summed E-state index contributed by atoms with van der Waals surface area (Å²) >= 11 is 0. The first kappa shape index (κ1) is 17.6. The molecular weight excluding hydrogens is 304 g/mol. The molecule has 0 bridgehead atoms. The lowest BCUT2D eigenvalue weighted by molar-refractivity contribution is -0.0823. The standard InChI is InChI=1S/C11H18N2O7S/c1-7-4-13(11(16)12-10(7)15)8(2)20-9(5-14)6-19-21(3,17)18/h4,8-9,14H,5-6H2,1-3H3,(H,12,15,16)/t8-,9-/m1/s1. The second-order valence-electron chi connectivity index (χ2n) is 4.51. The van der Waals surface area contributed by atoms with Crippen molar-refractivity contribution in [2.75, 3.05) is 19.5 Å². The summed E-state index contributed by atoms with van der Waals surface area (Å²) in [5, 5.41) is 9.14. The van der Waals surface area contributed by atoms with Gasteiger partial charge in [0.1, 0.15) is 12.3 Å². The number of H-pyrrole nitrogens is 1. The lowest BCUT2D eigenvalue weighted by Gasteiger charge is -2.21. The molecule has 0 saturated heterocycles. The summed E-state index contributed by atoms with van der Waals surface area (Å²) in [6.45, 7) is 2.17. The van der Waals surface area contributed by atoms with Crippen LogP contribution < -0.4 is 11.2 Å². The van der Waals surface area contributed by atoms with Crippen molar-refractivity contribution in [3.05, 3.63) is 32.6 Å². The Hall–Kier alpha value is -1.49. The molecule has 2 N–H and O–H groups in total. The smallest absolute Gasteiger partial charge is 0.330 e. The van der Waals surface area contributed by atoms with Crippen molar-refractivity contribution < 1.29 is 22.4 Å². The number of ether oxygens (including phenoxy) is 1. The molecule has 0 unspecified atom stereocenters. The lowest BCUT2D eigenvalue weighted by atomic mass is 10.3. The molecule has 0 saturated carbocycles. The molecule has 120 valence electrons. The van der Waals surface area contributed by atoms with Gasteiger partial charge >= 0.3 is 5.69 Å². The zero-order valence-electron chi connectivity index (χ0n) is 11.9. The van der Waals surface area contributed by atoms with Crippen molar-refractivity contribution in [2.45, 2.75) is 26.2 Å². The predicted molar refractivity (Wildman–Crippen MR) is 73.5 cm³/mol. The first-order chi connectivity index (χ1) is 9.64. The molecule has 0 aromatic carbocycles. The minimum atomic E-state index is -3.66. The van der Waals surface area contributed by atoms with Crippen molar-refractivity contribution in [2.24, 2.45) is 0 Å². The molecule has 21 heavy (non-hydrogen) atoms.